The first-order valence-corrected chi connectivity index (χ1v) is 10.5. The lowest BCUT2D eigenvalue weighted by molar-refractivity contribution is -0.137. The molecule has 5 N–H and O–H groups in total. The molecule has 15 heteroatoms. The summed E-state index contributed by atoms with van der Waals surface area (Å²) in [4.78, 5) is 21.6. The third-order valence-corrected chi connectivity index (χ3v) is 5.57. The van der Waals surface area contributed by atoms with Gasteiger partial charge in [-0.15, -0.1) is 0 Å². The number of fused-ring (bicyclic) bond motifs is 1. The number of nitrogens with one attached hydrogen (secondary N) is 4. The Labute approximate surface area is 199 Å². The zero-order valence-electron chi connectivity index (χ0n) is 18.5. The summed E-state index contributed by atoms with van der Waals surface area (Å²) in [6.45, 7) is 0.760. The van der Waals surface area contributed by atoms with Gasteiger partial charge in [-0.25, -0.2) is 14.8 Å². The first-order valence-electron chi connectivity index (χ1n) is 10.5. The maximum atomic E-state index is 13.9. The molecule has 0 radical (unpaired) electrons. The van der Waals surface area contributed by atoms with E-state index in [4.69, 9.17) is 0 Å². The molecule has 0 aliphatic carbocycles. The minimum atomic E-state index is -4.97. The van der Waals surface area contributed by atoms with Crippen LogP contribution < -0.4 is 16.0 Å². The SMILES string of the molecule is COC(=O)Nc1ccc2c(-c3nc(N[C@@H]4CNC[C@@H](O)C4)ncc3C(F)(F)F)c[nH]c2c1C(F)(F)F. The Morgan fingerprint density at radius 1 is 1.17 bits per heavy atom. The van der Waals surface area contributed by atoms with E-state index in [9.17, 15) is 36.2 Å². The van der Waals surface area contributed by atoms with E-state index in [1.54, 1.807) is 0 Å². The Hall–Kier alpha value is -3.59. The van der Waals surface area contributed by atoms with E-state index >= 15 is 0 Å². The number of hydrogen-bond donors (Lipinski definition) is 5. The number of aliphatic hydroxyl groups is 1. The van der Waals surface area contributed by atoms with E-state index in [2.05, 4.69) is 30.3 Å². The molecule has 0 bridgehead atoms. The quantitative estimate of drug-likeness (QED) is 0.331. The van der Waals surface area contributed by atoms with E-state index in [-0.39, 0.29) is 22.9 Å². The van der Waals surface area contributed by atoms with Crippen molar-refractivity contribution in [3.8, 4) is 11.3 Å². The van der Waals surface area contributed by atoms with Crippen LogP contribution in [-0.4, -0.2) is 58.5 Å². The molecule has 3 aromatic rings. The van der Waals surface area contributed by atoms with Gasteiger partial charge in [0.1, 0.15) is 11.1 Å². The van der Waals surface area contributed by atoms with Crippen LogP contribution in [0.3, 0.4) is 0 Å². The minimum absolute atomic E-state index is 0.187. The fourth-order valence-electron chi connectivity index (χ4n) is 4.03. The Morgan fingerprint density at radius 3 is 2.56 bits per heavy atom. The number of piperidine rings is 1. The number of aliphatic hydroxyl groups excluding tert-OH is 1. The van der Waals surface area contributed by atoms with Crippen molar-refractivity contribution in [2.45, 2.75) is 30.9 Å². The maximum Gasteiger partial charge on any atom is 0.420 e. The third-order valence-electron chi connectivity index (χ3n) is 5.57. The number of anilines is 2. The average Bonchev–Trinajstić information content (AvgIpc) is 3.21. The number of methoxy groups -OCH3 is 1. The maximum absolute atomic E-state index is 13.9. The van der Waals surface area contributed by atoms with E-state index in [0.717, 1.165) is 25.4 Å². The molecule has 1 aliphatic heterocycles. The van der Waals surface area contributed by atoms with Crippen molar-refractivity contribution in [2.75, 3.05) is 30.8 Å². The summed E-state index contributed by atoms with van der Waals surface area (Å²) in [7, 11) is 0.970. The number of H-pyrrole nitrogens is 1. The second-order valence-electron chi connectivity index (χ2n) is 8.07. The highest BCUT2D eigenvalue weighted by Gasteiger charge is 2.39. The zero-order chi connectivity index (χ0) is 26.3. The molecule has 2 atom stereocenters. The van der Waals surface area contributed by atoms with Gasteiger partial charge >= 0.3 is 18.4 Å². The lowest BCUT2D eigenvalue weighted by atomic mass is 10.0. The summed E-state index contributed by atoms with van der Waals surface area (Å²) >= 11 is 0. The van der Waals surface area contributed by atoms with Crippen molar-refractivity contribution in [1.82, 2.24) is 20.3 Å². The predicted molar refractivity (Wildman–Crippen MR) is 116 cm³/mol. The molecular formula is C21H20F6N6O3. The van der Waals surface area contributed by atoms with E-state index in [0.29, 0.717) is 25.7 Å². The monoisotopic (exact) mass is 518 g/mol. The highest BCUT2D eigenvalue weighted by molar-refractivity contribution is 6.01. The average molecular weight is 518 g/mol. The first-order chi connectivity index (χ1) is 16.9. The second-order valence-corrected chi connectivity index (χ2v) is 8.07. The number of alkyl halides is 6. The van der Waals surface area contributed by atoms with Crippen LogP contribution in [0.25, 0.3) is 22.2 Å². The molecule has 0 spiro atoms. The molecule has 36 heavy (non-hydrogen) atoms. The van der Waals surface area contributed by atoms with E-state index in [1.165, 1.54) is 0 Å². The number of halogens is 6. The number of aromatic nitrogens is 3. The van der Waals surface area contributed by atoms with E-state index < -0.39 is 52.6 Å². The number of ether oxygens (including phenoxy) is 1. The molecule has 9 nitrogen and oxygen atoms in total. The van der Waals surface area contributed by atoms with Crippen LogP contribution in [0.1, 0.15) is 17.5 Å². The van der Waals surface area contributed by atoms with Gasteiger partial charge in [-0.05, 0) is 12.5 Å². The lowest BCUT2D eigenvalue weighted by Gasteiger charge is -2.27. The standard InChI is InChI=1S/C21H20F6N6O3/c1-36-19(35)32-14-3-2-11-12(7-29-17(11)15(14)21(25,26)27)16-13(20(22,23)24)8-30-18(33-16)31-9-4-10(34)6-28-5-9/h2-3,7-10,28-29,34H,4-6H2,1H3,(H,32,35)(H,30,31,33)/t9-,10-/m0/s1. The van der Waals surface area contributed by atoms with Crippen molar-refractivity contribution in [1.29, 1.82) is 0 Å². The highest BCUT2D eigenvalue weighted by atomic mass is 19.4. The molecule has 0 saturated carbocycles. The smallest absolute Gasteiger partial charge is 0.420 e. The molecule has 3 heterocycles. The van der Waals surface area contributed by atoms with Gasteiger partial charge in [0.15, 0.2) is 0 Å². The molecular weight excluding hydrogens is 498 g/mol. The van der Waals surface area contributed by atoms with Crippen molar-refractivity contribution in [2.24, 2.45) is 0 Å². The normalized spacial score (nSPS) is 18.8. The molecule has 1 fully saturated rings. The van der Waals surface area contributed by atoms with Crippen molar-refractivity contribution >= 4 is 28.6 Å². The number of benzene rings is 1. The number of hydrogen-bond acceptors (Lipinski definition) is 7. The Bertz CT molecular complexity index is 1280. The second kappa shape index (κ2) is 9.46. The highest BCUT2D eigenvalue weighted by Crippen LogP contribution is 2.44. The summed E-state index contributed by atoms with van der Waals surface area (Å²) < 4.78 is 87.5. The Balaban J connectivity index is 1.84. The number of nitrogens with zero attached hydrogens (tertiary/aromatic N) is 2. The number of aromatic amines is 1. The molecule has 194 valence electrons. The van der Waals surface area contributed by atoms with Crippen LogP contribution in [0.2, 0.25) is 0 Å². The zero-order valence-corrected chi connectivity index (χ0v) is 18.5. The molecule has 0 unspecified atom stereocenters. The van der Waals surface area contributed by atoms with Crippen molar-refractivity contribution in [3.63, 3.8) is 0 Å². The molecule has 1 aromatic carbocycles. The van der Waals surface area contributed by atoms with Crippen LogP contribution in [-0.2, 0) is 17.1 Å². The summed E-state index contributed by atoms with van der Waals surface area (Å²) in [6.07, 6.45) is -9.88. The van der Waals surface area contributed by atoms with Crippen LogP contribution in [0.4, 0.5) is 42.8 Å². The number of rotatable bonds is 4. The fourth-order valence-corrected chi connectivity index (χ4v) is 4.03. The molecule has 4 rings (SSSR count). The summed E-state index contributed by atoms with van der Waals surface area (Å²) in [5.41, 5.74) is -4.62. The van der Waals surface area contributed by atoms with Gasteiger partial charge in [0.2, 0.25) is 5.95 Å². The molecule has 2 aromatic heterocycles. The van der Waals surface area contributed by atoms with Crippen molar-refractivity contribution < 1.29 is 41.0 Å². The van der Waals surface area contributed by atoms with Crippen LogP contribution in [0.5, 0.6) is 0 Å². The van der Waals surface area contributed by atoms with Gasteiger partial charge in [0.05, 0.1) is 30.1 Å². The molecule has 1 aliphatic rings. The summed E-state index contributed by atoms with van der Waals surface area (Å²) in [6, 6.07) is 1.67. The third kappa shape index (κ3) is 5.16. The van der Waals surface area contributed by atoms with Gasteiger partial charge < -0.3 is 25.5 Å². The number of β-amino-alcohol motifs (C(OH)–C–C–N with tert-alkyl or cyclic N) is 1. The molecule has 1 saturated heterocycles. The number of carbonyl (C=O) groups excluding carboxylic acids is 1. The molecule has 1 amide bonds. The van der Waals surface area contributed by atoms with Crippen LogP contribution in [0, 0.1) is 0 Å². The Morgan fingerprint density at radius 2 is 1.92 bits per heavy atom. The van der Waals surface area contributed by atoms with E-state index in [1.807, 2.05) is 5.32 Å². The number of amides is 1. The van der Waals surface area contributed by atoms with Gasteiger partial charge in [0, 0.05) is 42.5 Å². The minimum Gasteiger partial charge on any atom is -0.453 e. The fraction of sp³-hybridized carbons (Fsp3) is 0.381. The predicted octanol–water partition coefficient (Wildman–Crippen LogP) is 3.98. The first kappa shape index (κ1) is 25.5. The van der Waals surface area contributed by atoms with Gasteiger partial charge in [-0.1, -0.05) is 6.07 Å². The largest absolute Gasteiger partial charge is 0.453 e. The number of carbonyl (C=O) groups is 1. The van der Waals surface area contributed by atoms with Crippen LogP contribution >= 0.6 is 0 Å². The van der Waals surface area contributed by atoms with Crippen LogP contribution in [0.15, 0.2) is 24.5 Å². The lowest BCUT2D eigenvalue weighted by Crippen LogP contribution is -2.46. The van der Waals surface area contributed by atoms with Crippen molar-refractivity contribution in [3.05, 3.63) is 35.7 Å². The summed E-state index contributed by atoms with van der Waals surface area (Å²) in [5.74, 6) is -0.187. The van der Waals surface area contributed by atoms with Gasteiger partial charge in [-0.3, -0.25) is 5.32 Å². The topological polar surface area (TPSA) is 124 Å². The Kier molecular flexibility index (Phi) is 6.70. The van der Waals surface area contributed by atoms with Gasteiger partial charge in [0.25, 0.3) is 0 Å². The van der Waals surface area contributed by atoms with Gasteiger partial charge in [-0.2, -0.15) is 26.3 Å². The summed E-state index contributed by atoms with van der Waals surface area (Å²) in [5, 5.41) is 17.3.